The van der Waals surface area contributed by atoms with E-state index in [-0.39, 0.29) is 0 Å². The summed E-state index contributed by atoms with van der Waals surface area (Å²) in [5.41, 5.74) is 2.25. The minimum Gasteiger partial charge on any atom is -0.361 e. The fourth-order valence-electron chi connectivity index (χ4n) is 2.59. The smallest absolute Gasteiger partial charge is 0.133 e. The highest BCUT2D eigenvalue weighted by molar-refractivity contribution is 6.31. The van der Waals surface area contributed by atoms with E-state index in [1.54, 1.807) is 0 Å². The fraction of sp³-hybridized carbons (Fsp3) is 0.400. The normalized spacial score (nSPS) is 22.2. The largest absolute Gasteiger partial charge is 0.361 e. The molecule has 1 aliphatic rings. The van der Waals surface area contributed by atoms with Crippen LogP contribution in [-0.4, -0.2) is 11.2 Å². The Morgan fingerprint density at radius 3 is 2.84 bits per heavy atom. The van der Waals surface area contributed by atoms with E-state index in [0.717, 1.165) is 35.9 Å². The molecule has 1 fully saturated rings. The highest BCUT2D eigenvalue weighted by Crippen LogP contribution is 2.39. The lowest BCUT2D eigenvalue weighted by atomic mass is 9.76. The summed E-state index contributed by atoms with van der Waals surface area (Å²) < 4.78 is 5.05. The maximum atomic E-state index is 6.21. The van der Waals surface area contributed by atoms with Crippen LogP contribution in [0.3, 0.4) is 0 Å². The van der Waals surface area contributed by atoms with Gasteiger partial charge in [-0.05, 0) is 37.3 Å². The van der Waals surface area contributed by atoms with E-state index < -0.39 is 0 Å². The van der Waals surface area contributed by atoms with Crippen molar-refractivity contribution in [3.63, 3.8) is 0 Å². The van der Waals surface area contributed by atoms with Crippen LogP contribution in [0.5, 0.6) is 0 Å². The van der Waals surface area contributed by atoms with Crippen molar-refractivity contribution in [3.05, 3.63) is 52.4 Å². The molecule has 100 valence electrons. The number of rotatable bonds is 4. The third-order valence-corrected chi connectivity index (χ3v) is 4.08. The van der Waals surface area contributed by atoms with Crippen LogP contribution in [0, 0.1) is 6.92 Å². The third-order valence-electron chi connectivity index (χ3n) is 3.73. The van der Waals surface area contributed by atoms with Gasteiger partial charge in [-0.1, -0.05) is 35.0 Å². The molecule has 2 aromatic rings. The van der Waals surface area contributed by atoms with Crippen molar-refractivity contribution in [2.75, 3.05) is 0 Å². The molecule has 0 atom stereocenters. The van der Waals surface area contributed by atoms with Crippen molar-refractivity contribution in [2.45, 2.75) is 38.3 Å². The lowest BCUT2D eigenvalue weighted by Gasteiger charge is -2.36. The Kier molecular flexibility index (Phi) is 3.58. The molecule has 3 rings (SSSR count). The van der Waals surface area contributed by atoms with E-state index >= 15 is 0 Å². The molecule has 0 bridgehead atoms. The average molecular weight is 277 g/mol. The topological polar surface area (TPSA) is 38.1 Å². The minimum absolute atomic E-state index is 0.554. The molecule has 0 amide bonds. The zero-order valence-electron chi connectivity index (χ0n) is 10.9. The molecular weight excluding hydrogens is 260 g/mol. The molecule has 0 radical (unpaired) electrons. The number of hydrogen-bond acceptors (Lipinski definition) is 3. The first-order valence-corrected chi connectivity index (χ1v) is 7.00. The van der Waals surface area contributed by atoms with Crippen molar-refractivity contribution < 1.29 is 4.52 Å². The zero-order chi connectivity index (χ0) is 13.2. The summed E-state index contributed by atoms with van der Waals surface area (Å²) in [5, 5.41) is 8.37. The fourth-order valence-corrected chi connectivity index (χ4v) is 2.88. The van der Waals surface area contributed by atoms with Gasteiger partial charge in [0, 0.05) is 23.7 Å². The van der Waals surface area contributed by atoms with Crippen molar-refractivity contribution in [2.24, 2.45) is 0 Å². The maximum Gasteiger partial charge on any atom is 0.133 e. The summed E-state index contributed by atoms with van der Waals surface area (Å²) in [4.78, 5) is 0. The molecule has 1 saturated carbocycles. The van der Waals surface area contributed by atoms with Crippen molar-refractivity contribution >= 4 is 11.6 Å². The van der Waals surface area contributed by atoms with Gasteiger partial charge in [-0.2, -0.15) is 0 Å². The Labute approximate surface area is 117 Å². The Hall–Kier alpha value is -1.32. The molecule has 3 nitrogen and oxygen atoms in total. The van der Waals surface area contributed by atoms with Gasteiger partial charge in [0.2, 0.25) is 0 Å². The predicted molar refractivity (Wildman–Crippen MR) is 75.3 cm³/mol. The third kappa shape index (κ3) is 2.82. The summed E-state index contributed by atoms with van der Waals surface area (Å²) in [6.07, 6.45) is 2.28. The summed E-state index contributed by atoms with van der Waals surface area (Å²) >= 11 is 6.21. The van der Waals surface area contributed by atoms with Gasteiger partial charge in [0.25, 0.3) is 0 Å². The van der Waals surface area contributed by atoms with Crippen molar-refractivity contribution in [1.82, 2.24) is 10.5 Å². The van der Waals surface area contributed by atoms with Crippen LogP contribution in [-0.2, 0) is 6.54 Å². The first kappa shape index (κ1) is 12.7. The van der Waals surface area contributed by atoms with Gasteiger partial charge < -0.3 is 9.84 Å². The molecule has 0 saturated heterocycles. The number of benzene rings is 1. The van der Waals surface area contributed by atoms with Crippen LogP contribution in [0.15, 0.2) is 34.9 Å². The molecule has 1 aliphatic carbocycles. The van der Waals surface area contributed by atoms with Gasteiger partial charge in [-0.15, -0.1) is 0 Å². The van der Waals surface area contributed by atoms with E-state index in [4.69, 9.17) is 16.1 Å². The first-order chi connectivity index (χ1) is 9.22. The van der Waals surface area contributed by atoms with Gasteiger partial charge in [-0.3, -0.25) is 0 Å². The predicted octanol–water partition coefficient (Wildman–Crippen LogP) is 3.67. The molecule has 4 heteroatoms. The molecule has 19 heavy (non-hydrogen) atoms. The highest BCUT2D eigenvalue weighted by atomic mass is 35.5. The van der Waals surface area contributed by atoms with Crippen LogP contribution in [0.25, 0.3) is 0 Å². The van der Waals surface area contributed by atoms with Gasteiger partial charge >= 0.3 is 0 Å². The van der Waals surface area contributed by atoms with Gasteiger partial charge in [-0.25, -0.2) is 0 Å². The number of hydrogen-bond donors (Lipinski definition) is 1. The highest BCUT2D eigenvalue weighted by Gasteiger charge is 2.31. The Morgan fingerprint density at radius 2 is 2.16 bits per heavy atom. The molecule has 0 spiro atoms. The number of aromatic nitrogens is 1. The summed E-state index contributed by atoms with van der Waals surface area (Å²) in [5.74, 6) is 1.45. The van der Waals surface area contributed by atoms with Crippen LogP contribution < -0.4 is 5.32 Å². The lowest BCUT2D eigenvalue weighted by molar-refractivity contribution is 0.286. The molecule has 1 aromatic carbocycles. The SMILES string of the molecule is Cc1cc(CNC2CC(c3ccccc3Cl)C2)no1. The summed E-state index contributed by atoms with van der Waals surface area (Å²) in [7, 11) is 0. The average Bonchev–Trinajstić information content (AvgIpc) is 2.75. The molecule has 1 N–H and O–H groups in total. The first-order valence-electron chi connectivity index (χ1n) is 6.62. The van der Waals surface area contributed by atoms with Crippen LogP contribution in [0.4, 0.5) is 0 Å². The second-order valence-corrected chi connectivity index (χ2v) is 5.60. The van der Waals surface area contributed by atoms with Crippen molar-refractivity contribution in [1.29, 1.82) is 0 Å². The molecular formula is C15H17ClN2O. The second-order valence-electron chi connectivity index (χ2n) is 5.20. The Morgan fingerprint density at radius 1 is 1.37 bits per heavy atom. The molecule has 1 aromatic heterocycles. The Balaban J connectivity index is 1.49. The van der Waals surface area contributed by atoms with Gasteiger partial charge in [0.1, 0.15) is 5.76 Å². The van der Waals surface area contributed by atoms with Crippen LogP contribution in [0.2, 0.25) is 5.02 Å². The number of aryl methyl sites for hydroxylation is 1. The maximum absolute atomic E-state index is 6.21. The molecule has 1 heterocycles. The molecule has 0 unspecified atom stereocenters. The quantitative estimate of drug-likeness (QED) is 0.926. The Bertz CT molecular complexity index is 561. The summed E-state index contributed by atoms with van der Waals surface area (Å²) in [6.45, 7) is 2.69. The van der Waals surface area contributed by atoms with Gasteiger partial charge in [0.15, 0.2) is 0 Å². The number of nitrogens with zero attached hydrogens (tertiary/aromatic N) is 1. The summed E-state index contributed by atoms with van der Waals surface area (Å²) in [6, 6.07) is 10.7. The number of halogens is 1. The van der Waals surface area contributed by atoms with Crippen LogP contribution in [0.1, 0.15) is 35.8 Å². The minimum atomic E-state index is 0.554. The standard InChI is InChI=1S/C15H17ClN2O/c1-10-6-13(18-19-10)9-17-12-7-11(8-12)14-4-2-3-5-15(14)16/h2-6,11-12,17H,7-9H2,1H3. The van der Waals surface area contributed by atoms with E-state index in [0.29, 0.717) is 12.0 Å². The van der Waals surface area contributed by atoms with E-state index in [9.17, 15) is 0 Å². The monoisotopic (exact) mass is 276 g/mol. The van der Waals surface area contributed by atoms with Gasteiger partial charge in [0.05, 0.1) is 5.69 Å². The molecule has 0 aliphatic heterocycles. The lowest BCUT2D eigenvalue weighted by Crippen LogP contribution is -2.39. The second kappa shape index (κ2) is 5.35. The van der Waals surface area contributed by atoms with E-state index in [1.165, 1.54) is 5.56 Å². The van der Waals surface area contributed by atoms with Crippen LogP contribution >= 0.6 is 11.6 Å². The van der Waals surface area contributed by atoms with E-state index in [2.05, 4.69) is 22.6 Å². The van der Waals surface area contributed by atoms with Crippen molar-refractivity contribution in [3.8, 4) is 0 Å². The number of nitrogens with one attached hydrogen (secondary N) is 1. The van der Waals surface area contributed by atoms with E-state index in [1.807, 2.05) is 25.1 Å². The zero-order valence-corrected chi connectivity index (χ0v) is 11.7.